The van der Waals surface area contributed by atoms with Gasteiger partial charge in [-0.1, -0.05) is 11.6 Å². The van der Waals surface area contributed by atoms with E-state index in [0.29, 0.717) is 55.0 Å². The first-order chi connectivity index (χ1) is 9.65. The number of morpholine rings is 1. The first kappa shape index (κ1) is 13.5. The van der Waals surface area contributed by atoms with Gasteiger partial charge in [-0.05, 0) is 19.1 Å². The summed E-state index contributed by atoms with van der Waals surface area (Å²) in [6, 6.07) is 3.33. The molecule has 1 aromatic carbocycles. The van der Waals surface area contributed by atoms with Gasteiger partial charge in [0, 0.05) is 18.7 Å². The molecule has 2 aliphatic heterocycles. The number of hydrogen-bond acceptors (Lipinski definition) is 4. The van der Waals surface area contributed by atoms with Crippen molar-refractivity contribution in [2.24, 2.45) is 0 Å². The number of rotatable bonds is 1. The molecule has 20 heavy (non-hydrogen) atoms. The second-order valence-corrected chi connectivity index (χ2v) is 5.32. The molecule has 2 aliphatic rings. The summed E-state index contributed by atoms with van der Waals surface area (Å²) in [6.07, 6.45) is 0.0559. The number of carbonyl (C=O) groups excluding carboxylic acids is 1. The van der Waals surface area contributed by atoms with Crippen molar-refractivity contribution in [2.45, 2.75) is 13.0 Å². The molecule has 0 saturated carbocycles. The van der Waals surface area contributed by atoms with Crippen LogP contribution in [-0.4, -0.2) is 49.8 Å². The van der Waals surface area contributed by atoms with E-state index in [1.165, 1.54) is 0 Å². The van der Waals surface area contributed by atoms with Crippen molar-refractivity contribution < 1.29 is 19.0 Å². The summed E-state index contributed by atoms with van der Waals surface area (Å²) in [6.45, 7) is 4.64. The van der Waals surface area contributed by atoms with E-state index in [9.17, 15) is 4.79 Å². The zero-order valence-corrected chi connectivity index (χ0v) is 12.0. The molecule has 0 N–H and O–H groups in total. The number of nitrogens with zero attached hydrogens (tertiary/aromatic N) is 1. The van der Waals surface area contributed by atoms with Crippen molar-refractivity contribution in [2.75, 3.05) is 32.9 Å². The lowest BCUT2D eigenvalue weighted by molar-refractivity contribution is -0.0124. The summed E-state index contributed by atoms with van der Waals surface area (Å²) < 4.78 is 16.4. The molecule has 0 bridgehead atoms. The fraction of sp³-hybridized carbons (Fsp3) is 0.500. The summed E-state index contributed by atoms with van der Waals surface area (Å²) in [7, 11) is 0. The molecule has 5 nitrogen and oxygen atoms in total. The molecule has 1 saturated heterocycles. The molecule has 0 radical (unpaired) electrons. The van der Waals surface area contributed by atoms with Gasteiger partial charge in [-0.3, -0.25) is 4.79 Å². The van der Waals surface area contributed by atoms with Crippen LogP contribution >= 0.6 is 11.6 Å². The van der Waals surface area contributed by atoms with Gasteiger partial charge in [-0.15, -0.1) is 0 Å². The first-order valence-electron chi connectivity index (χ1n) is 6.65. The van der Waals surface area contributed by atoms with E-state index in [4.69, 9.17) is 25.8 Å². The van der Waals surface area contributed by atoms with Gasteiger partial charge in [-0.25, -0.2) is 0 Å². The predicted molar refractivity (Wildman–Crippen MR) is 73.8 cm³/mol. The standard InChI is InChI=1S/C14H16ClNO4/c1-9-8-16(2-3-18-9)14(17)10-6-11(15)13-12(7-10)19-4-5-20-13/h6-7,9H,2-5,8H2,1H3/t9-/m0/s1. The maximum absolute atomic E-state index is 12.5. The zero-order chi connectivity index (χ0) is 14.1. The smallest absolute Gasteiger partial charge is 0.254 e. The second-order valence-electron chi connectivity index (χ2n) is 4.91. The third kappa shape index (κ3) is 2.55. The summed E-state index contributed by atoms with van der Waals surface area (Å²) in [4.78, 5) is 14.3. The van der Waals surface area contributed by atoms with Crippen LogP contribution in [0.1, 0.15) is 17.3 Å². The highest BCUT2D eigenvalue weighted by atomic mass is 35.5. The molecule has 1 atom stereocenters. The van der Waals surface area contributed by atoms with Crippen molar-refractivity contribution in [3.8, 4) is 11.5 Å². The quantitative estimate of drug-likeness (QED) is 0.795. The number of hydrogen-bond donors (Lipinski definition) is 0. The molecule has 1 aromatic rings. The van der Waals surface area contributed by atoms with Crippen molar-refractivity contribution in [1.29, 1.82) is 0 Å². The van der Waals surface area contributed by atoms with Crippen molar-refractivity contribution in [3.63, 3.8) is 0 Å². The summed E-state index contributed by atoms with van der Waals surface area (Å²) in [5.41, 5.74) is 0.522. The van der Waals surface area contributed by atoms with Crippen LogP contribution in [0.2, 0.25) is 5.02 Å². The molecule has 1 fully saturated rings. The highest BCUT2D eigenvalue weighted by Crippen LogP contribution is 2.38. The largest absolute Gasteiger partial charge is 0.486 e. The molecule has 108 valence electrons. The van der Waals surface area contributed by atoms with Gasteiger partial charge < -0.3 is 19.1 Å². The molecule has 3 rings (SSSR count). The lowest BCUT2D eigenvalue weighted by Gasteiger charge is -2.31. The highest BCUT2D eigenvalue weighted by Gasteiger charge is 2.25. The topological polar surface area (TPSA) is 48.0 Å². The fourth-order valence-electron chi connectivity index (χ4n) is 2.42. The van der Waals surface area contributed by atoms with Crippen molar-refractivity contribution in [3.05, 3.63) is 22.7 Å². The van der Waals surface area contributed by atoms with E-state index in [1.54, 1.807) is 17.0 Å². The van der Waals surface area contributed by atoms with Crippen molar-refractivity contribution in [1.82, 2.24) is 4.90 Å². The Balaban J connectivity index is 1.86. The minimum atomic E-state index is -0.0565. The Morgan fingerprint density at radius 2 is 2.10 bits per heavy atom. The van der Waals surface area contributed by atoms with E-state index in [-0.39, 0.29) is 12.0 Å². The Hall–Kier alpha value is -1.46. The van der Waals surface area contributed by atoms with Gasteiger partial charge in [0.15, 0.2) is 11.5 Å². The Morgan fingerprint density at radius 1 is 1.30 bits per heavy atom. The molecular weight excluding hydrogens is 282 g/mol. The molecule has 0 unspecified atom stereocenters. The summed E-state index contributed by atoms with van der Waals surface area (Å²) in [5, 5.41) is 0.409. The number of halogens is 1. The maximum atomic E-state index is 12.5. The van der Waals surface area contributed by atoms with Gasteiger partial charge in [0.25, 0.3) is 5.91 Å². The fourth-order valence-corrected chi connectivity index (χ4v) is 2.69. The number of ether oxygens (including phenoxy) is 3. The van der Waals surface area contributed by atoms with Crippen LogP contribution in [0.5, 0.6) is 11.5 Å². The Bertz CT molecular complexity index is 534. The highest BCUT2D eigenvalue weighted by molar-refractivity contribution is 6.32. The van der Waals surface area contributed by atoms with Gasteiger partial charge in [-0.2, -0.15) is 0 Å². The van der Waals surface area contributed by atoms with Gasteiger partial charge >= 0.3 is 0 Å². The Labute approximate surface area is 122 Å². The minimum Gasteiger partial charge on any atom is -0.486 e. The number of carbonyl (C=O) groups is 1. The van der Waals surface area contributed by atoms with Gasteiger partial charge in [0.1, 0.15) is 13.2 Å². The van der Waals surface area contributed by atoms with Crippen LogP contribution in [0.4, 0.5) is 0 Å². The third-order valence-electron chi connectivity index (χ3n) is 3.37. The normalized spacial score (nSPS) is 21.7. The first-order valence-corrected chi connectivity index (χ1v) is 7.03. The second kappa shape index (κ2) is 5.50. The molecule has 6 heteroatoms. The van der Waals surface area contributed by atoms with Gasteiger partial charge in [0.05, 0.1) is 17.7 Å². The van der Waals surface area contributed by atoms with E-state index in [0.717, 1.165) is 0 Å². The van der Waals surface area contributed by atoms with Crippen LogP contribution in [0.15, 0.2) is 12.1 Å². The Morgan fingerprint density at radius 3 is 2.90 bits per heavy atom. The monoisotopic (exact) mass is 297 g/mol. The minimum absolute atomic E-state index is 0.0559. The van der Waals surface area contributed by atoms with Crippen LogP contribution in [0.3, 0.4) is 0 Å². The van der Waals surface area contributed by atoms with Crippen molar-refractivity contribution >= 4 is 17.5 Å². The van der Waals surface area contributed by atoms with Crippen LogP contribution in [-0.2, 0) is 4.74 Å². The SMILES string of the molecule is C[C@H]1CN(C(=O)c2cc(Cl)c3c(c2)OCCO3)CCO1. The van der Waals surface area contributed by atoms with E-state index in [1.807, 2.05) is 6.92 Å². The van der Waals surface area contributed by atoms with E-state index >= 15 is 0 Å². The molecular formula is C14H16ClNO4. The lowest BCUT2D eigenvalue weighted by atomic mass is 10.1. The lowest BCUT2D eigenvalue weighted by Crippen LogP contribution is -2.44. The third-order valence-corrected chi connectivity index (χ3v) is 3.65. The van der Waals surface area contributed by atoms with E-state index < -0.39 is 0 Å². The predicted octanol–water partition coefficient (Wildman–Crippen LogP) is 1.97. The number of benzene rings is 1. The zero-order valence-electron chi connectivity index (χ0n) is 11.2. The number of amides is 1. The van der Waals surface area contributed by atoms with Crippen LogP contribution in [0, 0.1) is 0 Å². The van der Waals surface area contributed by atoms with Crippen LogP contribution in [0.25, 0.3) is 0 Å². The van der Waals surface area contributed by atoms with Gasteiger partial charge in [0.2, 0.25) is 0 Å². The van der Waals surface area contributed by atoms with Crippen LogP contribution < -0.4 is 9.47 Å². The van der Waals surface area contributed by atoms with E-state index in [2.05, 4.69) is 0 Å². The maximum Gasteiger partial charge on any atom is 0.254 e. The average Bonchev–Trinajstić information content (AvgIpc) is 2.46. The molecule has 0 aromatic heterocycles. The average molecular weight is 298 g/mol. The number of fused-ring (bicyclic) bond motifs is 1. The molecule has 1 amide bonds. The molecule has 2 heterocycles. The Kier molecular flexibility index (Phi) is 3.72. The molecule has 0 spiro atoms. The summed E-state index contributed by atoms with van der Waals surface area (Å²) in [5.74, 6) is 0.997. The molecule has 0 aliphatic carbocycles. The summed E-state index contributed by atoms with van der Waals surface area (Å²) >= 11 is 6.16.